The normalized spacial score (nSPS) is 36.1. The zero-order valence-electron chi connectivity index (χ0n) is 29.3. The lowest BCUT2D eigenvalue weighted by molar-refractivity contribution is -0.193. The number of hydrogen-bond donors (Lipinski definition) is 3. The third-order valence-electron chi connectivity index (χ3n) is 12.2. The number of esters is 3. The van der Waals surface area contributed by atoms with Crippen LogP contribution in [0, 0.1) is 40.4 Å². The molecule has 1 spiro atoms. The van der Waals surface area contributed by atoms with Gasteiger partial charge in [-0.25, -0.2) is 9.59 Å². The molecule has 4 aliphatic rings. The fourth-order valence-electron chi connectivity index (χ4n) is 9.08. The molecule has 0 aromatic heterocycles. The second-order valence-electron chi connectivity index (χ2n) is 15.2. The van der Waals surface area contributed by atoms with Crippen molar-refractivity contribution in [3.05, 3.63) is 95.1 Å². The Morgan fingerprint density at radius 1 is 0.960 bits per heavy atom. The molecule has 10 unspecified atom stereocenters. The molecule has 0 amide bonds. The van der Waals surface area contributed by atoms with Gasteiger partial charge in [0.2, 0.25) is 0 Å². The van der Waals surface area contributed by atoms with E-state index in [9.17, 15) is 29.7 Å². The molecule has 10 nitrogen and oxygen atoms in total. The minimum absolute atomic E-state index is 0.0306. The number of allylic oxidation sites excluding steroid dienone is 1. The van der Waals surface area contributed by atoms with Gasteiger partial charge in [0.05, 0.1) is 29.1 Å². The second kappa shape index (κ2) is 12.6. The van der Waals surface area contributed by atoms with E-state index in [2.05, 4.69) is 0 Å². The molecule has 2 aromatic carbocycles. The number of hydrogen-bond acceptors (Lipinski definition) is 10. The monoisotopic (exact) mass is 686 g/mol. The van der Waals surface area contributed by atoms with Crippen LogP contribution in [-0.2, 0) is 23.8 Å². The van der Waals surface area contributed by atoms with Crippen LogP contribution < -0.4 is 0 Å². The first kappa shape index (κ1) is 35.7. The first-order valence-electron chi connectivity index (χ1n) is 17.3. The lowest BCUT2D eigenvalue weighted by Crippen LogP contribution is -2.66. The lowest BCUT2D eigenvalue weighted by Gasteiger charge is -2.49. The smallest absolute Gasteiger partial charge is 0.338 e. The van der Waals surface area contributed by atoms with Crippen molar-refractivity contribution in [3.63, 3.8) is 0 Å². The molecule has 10 heteroatoms. The van der Waals surface area contributed by atoms with Gasteiger partial charge >= 0.3 is 17.9 Å². The van der Waals surface area contributed by atoms with Crippen LogP contribution in [0.4, 0.5) is 0 Å². The molecule has 10 atom stereocenters. The summed E-state index contributed by atoms with van der Waals surface area (Å²) in [4.78, 5) is 55.6. The first-order chi connectivity index (χ1) is 23.6. The fraction of sp³-hybridized carbons (Fsp3) is 0.500. The summed E-state index contributed by atoms with van der Waals surface area (Å²) in [5.41, 5.74) is -5.71. The molecule has 6 rings (SSSR count). The van der Waals surface area contributed by atoms with Gasteiger partial charge in [0.1, 0.15) is 18.3 Å². The molecule has 0 aliphatic heterocycles. The number of fused-ring (bicyclic) bond motifs is 3. The average molecular weight is 687 g/mol. The third-order valence-corrected chi connectivity index (χ3v) is 12.2. The largest absolute Gasteiger partial charge is 0.461 e. The molecule has 2 bridgehead atoms. The van der Waals surface area contributed by atoms with Crippen molar-refractivity contribution in [2.24, 2.45) is 40.4 Å². The topological polar surface area (TPSA) is 157 Å². The number of ketones is 1. The number of ether oxygens (including phenoxy) is 3. The van der Waals surface area contributed by atoms with Crippen LogP contribution in [-0.4, -0.2) is 75.6 Å². The van der Waals surface area contributed by atoms with E-state index in [1.807, 2.05) is 20.8 Å². The van der Waals surface area contributed by atoms with Crippen molar-refractivity contribution >= 4 is 23.7 Å². The minimum atomic E-state index is -2.41. The molecular weight excluding hydrogens is 640 g/mol. The maximum atomic E-state index is 15.2. The van der Waals surface area contributed by atoms with Crippen molar-refractivity contribution in [2.45, 2.75) is 71.4 Å². The van der Waals surface area contributed by atoms with Crippen molar-refractivity contribution in [1.29, 1.82) is 0 Å². The second-order valence-corrected chi connectivity index (χ2v) is 15.2. The minimum Gasteiger partial charge on any atom is -0.461 e. The molecule has 0 saturated heterocycles. The van der Waals surface area contributed by atoms with Crippen LogP contribution in [0.25, 0.3) is 0 Å². The summed E-state index contributed by atoms with van der Waals surface area (Å²) in [6, 6.07) is 16.7. The SMILES string of the molecule is CC1=CC23C(=O)C(C=C(CO)C(O)C2(O)C1OC(=O)c1ccccc1)C1C(C)(COC(=O)c2ccccc2)C1(OC(=O)C(C)C(C)C)CC3C. The Labute approximate surface area is 292 Å². The molecule has 3 N–H and O–H groups in total. The Hall–Kier alpha value is -4.12. The maximum Gasteiger partial charge on any atom is 0.338 e. The highest BCUT2D eigenvalue weighted by molar-refractivity contribution is 5.96. The van der Waals surface area contributed by atoms with Crippen molar-refractivity contribution in [2.75, 3.05) is 13.2 Å². The van der Waals surface area contributed by atoms with Gasteiger partial charge in [-0.3, -0.25) is 9.59 Å². The van der Waals surface area contributed by atoms with E-state index in [4.69, 9.17) is 14.2 Å². The fourth-order valence-corrected chi connectivity index (χ4v) is 9.08. The van der Waals surface area contributed by atoms with Gasteiger partial charge in [0, 0.05) is 17.3 Å². The van der Waals surface area contributed by atoms with Crippen LogP contribution in [0.15, 0.2) is 84.0 Å². The predicted molar refractivity (Wildman–Crippen MR) is 181 cm³/mol. The summed E-state index contributed by atoms with van der Waals surface area (Å²) in [5, 5.41) is 35.5. The molecule has 266 valence electrons. The molecule has 0 heterocycles. The summed E-state index contributed by atoms with van der Waals surface area (Å²) in [6.07, 6.45) is -0.125. The summed E-state index contributed by atoms with van der Waals surface area (Å²) in [6.45, 7) is 9.90. The zero-order chi connectivity index (χ0) is 36.4. The van der Waals surface area contributed by atoms with Crippen LogP contribution in [0.2, 0.25) is 0 Å². The van der Waals surface area contributed by atoms with E-state index in [0.717, 1.165) is 0 Å². The molecule has 2 aromatic rings. The van der Waals surface area contributed by atoms with E-state index in [1.165, 1.54) is 6.08 Å². The van der Waals surface area contributed by atoms with E-state index < -0.39 is 88.2 Å². The Kier molecular flexibility index (Phi) is 8.98. The quantitative estimate of drug-likeness (QED) is 0.195. The Balaban J connectivity index is 1.46. The maximum absolute atomic E-state index is 15.2. The van der Waals surface area contributed by atoms with Crippen LogP contribution in [0.5, 0.6) is 0 Å². The number of aliphatic hydroxyl groups excluding tert-OH is 2. The Bertz CT molecular complexity index is 1750. The van der Waals surface area contributed by atoms with Gasteiger partial charge in [0.15, 0.2) is 17.5 Å². The Morgan fingerprint density at radius 3 is 2.10 bits per heavy atom. The van der Waals surface area contributed by atoms with Crippen molar-refractivity contribution < 1.29 is 48.7 Å². The number of carbonyl (C=O) groups excluding carboxylic acids is 4. The van der Waals surface area contributed by atoms with Crippen molar-refractivity contribution in [3.8, 4) is 0 Å². The molecule has 50 heavy (non-hydrogen) atoms. The first-order valence-corrected chi connectivity index (χ1v) is 17.3. The molecular formula is C40H46O10. The van der Waals surface area contributed by atoms with E-state index >= 15 is 4.79 Å². The molecule has 2 fully saturated rings. The molecule has 0 radical (unpaired) electrons. The third kappa shape index (κ3) is 5.01. The van der Waals surface area contributed by atoms with Gasteiger partial charge in [0.25, 0.3) is 0 Å². The average Bonchev–Trinajstić information content (AvgIpc) is 3.55. The van der Waals surface area contributed by atoms with Crippen LogP contribution >= 0.6 is 0 Å². The van der Waals surface area contributed by atoms with Crippen molar-refractivity contribution in [1.82, 2.24) is 0 Å². The van der Waals surface area contributed by atoms with E-state index in [0.29, 0.717) is 11.1 Å². The highest BCUT2D eigenvalue weighted by Crippen LogP contribution is 2.75. The van der Waals surface area contributed by atoms with Gasteiger partial charge in [-0.15, -0.1) is 0 Å². The highest BCUT2D eigenvalue weighted by atomic mass is 16.6. The van der Waals surface area contributed by atoms with E-state index in [1.54, 1.807) is 87.5 Å². The number of aliphatic hydroxyl groups is 3. The van der Waals surface area contributed by atoms with Gasteiger partial charge in [-0.2, -0.15) is 0 Å². The number of carbonyl (C=O) groups is 4. The number of benzene rings is 2. The lowest BCUT2D eigenvalue weighted by atomic mass is 9.58. The predicted octanol–water partition coefficient (Wildman–Crippen LogP) is 4.47. The molecule has 2 saturated carbocycles. The number of Topliss-reactive ketones (excluding diaryl/α,β-unsaturated/α-hetero) is 1. The van der Waals surface area contributed by atoms with Crippen LogP contribution in [0.1, 0.15) is 68.7 Å². The zero-order valence-corrected chi connectivity index (χ0v) is 29.3. The van der Waals surface area contributed by atoms with Crippen LogP contribution in [0.3, 0.4) is 0 Å². The van der Waals surface area contributed by atoms with Gasteiger partial charge in [-0.1, -0.05) is 83.2 Å². The Morgan fingerprint density at radius 2 is 1.54 bits per heavy atom. The highest BCUT2D eigenvalue weighted by Gasteiger charge is 2.85. The summed E-state index contributed by atoms with van der Waals surface area (Å²) >= 11 is 0. The van der Waals surface area contributed by atoms with Gasteiger partial charge < -0.3 is 29.5 Å². The standard InChI is InChI=1S/C40H46O10/c1-22(2)25(5)34(44)50-39-19-24(4)38-18-23(3)33(49-36(46)27-15-11-8-12-16-27)40(38,47)31(42)28(20-41)17-29(32(38)43)30(39)37(39,6)21-48-35(45)26-13-9-7-10-14-26/h7-18,22,24-25,29-31,33,41-42,47H,19-21H2,1-6H3. The summed E-state index contributed by atoms with van der Waals surface area (Å²) < 4.78 is 18.3. The molecule has 4 aliphatic carbocycles. The summed E-state index contributed by atoms with van der Waals surface area (Å²) in [5.74, 6) is -5.43. The number of rotatable bonds is 9. The summed E-state index contributed by atoms with van der Waals surface area (Å²) in [7, 11) is 0. The van der Waals surface area contributed by atoms with Gasteiger partial charge in [-0.05, 0) is 60.6 Å². The van der Waals surface area contributed by atoms with E-state index in [-0.39, 0.29) is 30.1 Å².